The second-order valence-corrected chi connectivity index (χ2v) is 7.03. The van der Waals surface area contributed by atoms with Crippen molar-refractivity contribution in [2.45, 2.75) is 39.3 Å². The SMILES string of the molecule is CCC(C)(NCc1sncc1Br)c1nc(C)cs1. The van der Waals surface area contributed by atoms with Gasteiger partial charge in [0.1, 0.15) is 5.01 Å². The van der Waals surface area contributed by atoms with Gasteiger partial charge in [0.25, 0.3) is 0 Å². The van der Waals surface area contributed by atoms with Crippen LogP contribution in [0.15, 0.2) is 16.0 Å². The minimum Gasteiger partial charge on any atom is -0.301 e. The Balaban J connectivity index is 2.11. The monoisotopic (exact) mass is 345 g/mol. The van der Waals surface area contributed by atoms with Crippen molar-refractivity contribution < 1.29 is 0 Å². The highest BCUT2D eigenvalue weighted by Gasteiger charge is 2.27. The lowest BCUT2D eigenvalue weighted by molar-refractivity contribution is 0.350. The van der Waals surface area contributed by atoms with Crippen LogP contribution in [0.4, 0.5) is 0 Å². The fraction of sp³-hybridized carbons (Fsp3) is 0.500. The molecule has 0 bridgehead atoms. The lowest BCUT2D eigenvalue weighted by Gasteiger charge is -2.27. The first-order valence-corrected chi connectivity index (χ1v) is 8.26. The van der Waals surface area contributed by atoms with Crippen molar-refractivity contribution in [2.24, 2.45) is 0 Å². The van der Waals surface area contributed by atoms with Gasteiger partial charge in [-0.25, -0.2) is 4.98 Å². The molecule has 0 aliphatic rings. The van der Waals surface area contributed by atoms with Gasteiger partial charge in [-0.05, 0) is 47.7 Å². The zero-order chi connectivity index (χ0) is 13.2. The van der Waals surface area contributed by atoms with Crippen molar-refractivity contribution in [3.63, 3.8) is 0 Å². The summed E-state index contributed by atoms with van der Waals surface area (Å²) in [5.41, 5.74) is 1.03. The zero-order valence-electron chi connectivity index (χ0n) is 10.7. The summed E-state index contributed by atoms with van der Waals surface area (Å²) in [5.74, 6) is 0. The molecule has 0 fully saturated rings. The molecule has 0 spiro atoms. The normalized spacial score (nSPS) is 14.7. The van der Waals surface area contributed by atoms with E-state index in [1.807, 2.05) is 13.1 Å². The number of nitrogens with zero attached hydrogens (tertiary/aromatic N) is 2. The smallest absolute Gasteiger partial charge is 0.113 e. The Hall–Kier alpha value is -0.300. The molecule has 98 valence electrons. The second kappa shape index (κ2) is 5.77. The van der Waals surface area contributed by atoms with Crippen molar-refractivity contribution in [3.05, 3.63) is 31.6 Å². The molecule has 3 nitrogen and oxygen atoms in total. The number of halogens is 1. The first kappa shape index (κ1) is 14.1. The molecule has 0 aliphatic heterocycles. The molecule has 1 unspecified atom stereocenters. The Morgan fingerprint density at radius 2 is 2.28 bits per heavy atom. The van der Waals surface area contributed by atoms with Crippen LogP contribution in [0.25, 0.3) is 0 Å². The summed E-state index contributed by atoms with van der Waals surface area (Å²) in [5, 5.41) is 6.87. The topological polar surface area (TPSA) is 37.8 Å². The summed E-state index contributed by atoms with van der Waals surface area (Å²) in [6.45, 7) is 7.25. The van der Waals surface area contributed by atoms with E-state index >= 15 is 0 Å². The lowest BCUT2D eigenvalue weighted by Crippen LogP contribution is -2.38. The van der Waals surface area contributed by atoms with Crippen LogP contribution in [-0.2, 0) is 12.1 Å². The highest BCUT2D eigenvalue weighted by atomic mass is 79.9. The van der Waals surface area contributed by atoms with Crippen LogP contribution >= 0.6 is 38.8 Å². The number of aromatic nitrogens is 2. The minimum absolute atomic E-state index is 0.0671. The average molecular weight is 346 g/mol. The van der Waals surface area contributed by atoms with Crippen LogP contribution in [0.2, 0.25) is 0 Å². The number of thiazole rings is 1. The molecular formula is C12H16BrN3S2. The lowest BCUT2D eigenvalue weighted by atomic mass is 10.00. The maximum Gasteiger partial charge on any atom is 0.113 e. The van der Waals surface area contributed by atoms with E-state index < -0.39 is 0 Å². The van der Waals surface area contributed by atoms with Gasteiger partial charge in [0, 0.05) is 17.6 Å². The summed E-state index contributed by atoms with van der Waals surface area (Å²) in [6.07, 6.45) is 2.86. The van der Waals surface area contributed by atoms with Gasteiger partial charge in [-0.1, -0.05) is 6.92 Å². The molecule has 0 aromatic carbocycles. The quantitative estimate of drug-likeness (QED) is 0.886. The third kappa shape index (κ3) is 2.99. The molecule has 1 N–H and O–H groups in total. The van der Waals surface area contributed by atoms with Crippen molar-refractivity contribution in [3.8, 4) is 0 Å². The zero-order valence-corrected chi connectivity index (χ0v) is 13.9. The van der Waals surface area contributed by atoms with Crippen LogP contribution in [-0.4, -0.2) is 9.36 Å². The van der Waals surface area contributed by atoms with E-state index in [1.165, 1.54) is 16.4 Å². The molecule has 0 aliphatic carbocycles. The van der Waals surface area contributed by atoms with Gasteiger partial charge in [0.2, 0.25) is 0 Å². The molecule has 0 saturated carbocycles. The van der Waals surface area contributed by atoms with Crippen molar-refractivity contribution >= 4 is 38.8 Å². The van der Waals surface area contributed by atoms with E-state index in [9.17, 15) is 0 Å². The molecule has 2 aromatic rings. The molecule has 2 rings (SSSR count). The summed E-state index contributed by atoms with van der Waals surface area (Å²) >= 11 is 6.76. The van der Waals surface area contributed by atoms with Crippen LogP contribution in [0.5, 0.6) is 0 Å². The van der Waals surface area contributed by atoms with Crippen molar-refractivity contribution in [1.82, 2.24) is 14.7 Å². The number of hydrogen-bond donors (Lipinski definition) is 1. The molecule has 2 heterocycles. The summed E-state index contributed by atoms with van der Waals surface area (Å²) in [7, 11) is 0. The molecule has 1 atom stereocenters. The van der Waals surface area contributed by atoms with E-state index in [4.69, 9.17) is 0 Å². The van der Waals surface area contributed by atoms with E-state index in [1.54, 1.807) is 11.3 Å². The van der Waals surface area contributed by atoms with Gasteiger partial charge in [-0.2, -0.15) is 4.37 Å². The molecule has 6 heteroatoms. The average Bonchev–Trinajstić information content (AvgIpc) is 2.95. The van der Waals surface area contributed by atoms with Crippen molar-refractivity contribution in [1.29, 1.82) is 0 Å². The van der Waals surface area contributed by atoms with E-state index in [0.717, 1.165) is 28.1 Å². The molecule has 0 saturated heterocycles. The number of nitrogens with one attached hydrogen (secondary N) is 1. The number of rotatable bonds is 5. The van der Waals surface area contributed by atoms with E-state index in [2.05, 4.69) is 49.8 Å². The predicted molar refractivity (Wildman–Crippen MR) is 81.1 cm³/mol. The van der Waals surface area contributed by atoms with Crippen LogP contribution in [0.3, 0.4) is 0 Å². The standard InChI is InChI=1S/C12H16BrN3S2/c1-4-12(3,11-16-8(2)7-17-11)14-6-10-9(13)5-15-18-10/h5,7,14H,4,6H2,1-3H3. The van der Waals surface area contributed by atoms with Gasteiger partial charge in [0.05, 0.1) is 21.1 Å². The van der Waals surface area contributed by atoms with Crippen LogP contribution in [0, 0.1) is 6.92 Å². The molecular weight excluding hydrogens is 330 g/mol. The summed E-state index contributed by atoms with van der Waals surface area (Å²) < 4.78 is 5.24. The Labute approximate surface area is 124 Å². The Kier molecular flexibility index (Phi) is 4.53. The molecule has 0 radical (unpaired) electrons. The molecule has 0 amide bonds. The number of aryl methyl sites for hydroxylation is 1. The Bertz CT molecular complexity index is 523. The fourth-order valence-electron chi connectivity index (χ4n) is 1.60. The van der Waals surface area contributed by atoms with Crippen LogP contribution < -0.4 is 5.32 Å². The van der Waals surface area contributed by atoms with E-state index in [-0.39, 0.29) is 5.54 Å². The molecule has 18 heavy (non-hydrogen) atoms. The van der Waals surface area contributed by atoms with Gasteiger partial charge in [-0.15, -0.1) is 11.3 Å². The third-order valence-corrected chi connectivity index (χ3v) is 6.00. The Morgan fingerprint density at radius 1 is 1.50 bits per heavy atom. The second-order valence-electron chi connectivity index (χ2n) is 4.43. The van der Waals surface area contributed by atoms with Crippen LogP contribution in [0.1, 0.15) is 35.8 Å². The summed E-state index contributed by atoms with van der Waals surface area (Å²) in [6, 6.07) is 0. The van der Waals surface area contributed by atoms with Gasteiger partial charge in [-0.3, -0.25) is 0 Å². The maximum atomic E-state index is 4.61. The summed E-state index contributed by atoms with van der Waals surface area (Å²) in [4.78, 5) is 5.83. The Morgan fingerprint density at radius 3 is 2.78 bits per heavy atom. The first-order valence-electron chi connectivity index (χ1n) is 5.82. The van der Waals surface area contributed by atoms with Gasteiger partial charge >= 0.3 is 0 Å². The minimum atomic E-state index is -0.0671. The third-order valence-electron chi connectivity index (χ3n) is 3.03. The molecule has 2 aromatic heterocycles. The largest absolute Gasteiger partial charge is 0.301 e. The van der Waals surface area contributed by atoms with E-state index in [0.29, 0.717) is 0 Å². The first-order chi connectivity index (χ1) is 8.55. The maximum absolute atomic E-state index is 4.61. The van der Waals surface area contributed by atoms with Gasteiger partial charge in [0.15, 0.2) is 0 Å². The number of hydrogen-bond acceptors (Lipinski definition) is 5. The predicted octanol–water partition coefficient (Wildman–Crippen LogP) is 4.09. The van der Waals surface area contributed by atoms with Gasteiger partial charge < -0.3 is 5.32 Å². The fourth-order valence-corrected chi connectivity index (χ4v) is 3.77. The van der Waals surface area contributed by atoms with Crippen molar-refractivity contribution in [2.75, 3.05) is 0 Å². The highest BCUT2D eigenvalue weighted by molar-refractivity contribution is 9.10. The highest BCUT2D eigenvalue weighted by Crippen LogP contribution is 2.29.